The zero-order chi connectivity index (χ0) is 12.5. The van der Waals surface area contributed by atoms with Gasteiger partial charge in [-0.3, -0.25) is 4.90 Å². The molecular weight excluding hydrogens is 224 g/mol. The Balaban J connectivity index is 1.79. The first-order valence-electron chi connectivity index (χ1n) is 7.29. The summed E-state index contributed by atoms with van der Waals surface area (Å²) < 4.78 is 2.24. The molecule has 1 atom stereocenters. The van der Waals surface area contributed by atoms with Gasteiger partial charge in [0.05, 0.1) is 18.1 Å². The van der Waals surface area contributed by atoms with Crippen molar-refractivity contribution < 1.29 is 0 Å². The summed E-state index contributed by atoms with van der Waals surface area (Å²) in [6.45, 7) is 5.09. The van der Waals surface area contributed by atoms with Gasteiger partial charge in [0, 0.05) is 31.9 Å². The van der Waals surface area contributed by atoms with E-state index >= 15 is 0 Å². The van der Waals surface area contributed by atoms with Gasteiger partial charge >= 0.3 is 0 Å². The van der Waals surface area contributed by atoms with E-state index in [0.29, 0.717) is 12.6 Å². The molecule has 0 spiro atoms. The molecular formula is C14H24N4. The van der Waals surface area contributed by atoms with Crippen LogP contribution in [0, 0.1) is 5.92 Å². The van der Waals surface area contributed by atoms with E-state index in [4.69, 9.17) is 5.73 Å². The van der Waals surface area contributed by atoms with Gasteiger partial charge in [0.25, 0.3) is 0 Å². The molecule has 4 heteroatoms. The summed E-state index contributed by atoms with van der Waals surface area (Å²) in [6.07, 6.45) is 9.46. The molecule has 0 amide bonds. The quantitative estimate of drug-likeness (QED) is 0.800. The Labute approximate surface area is 109 Å². The van der Waals surface area contributed by atoms with Gasteiger partial charge < -0.3 is 10.3 Å². The average molecular weight is 248 g/mol. The molecule has 3 rings (SSSR count). The van der Waals surface area contributed by atoms with Crippen molar-refractivity contribution in [1.82, 2.24) is 14.5 Å². The molecule has 2 saturated carbocycles. The van der Waals surface area contributed by atoms with Gasteiger partial charge in [-0.25, -0.2) is 4.98 Å². The number of aromatic nitrogens is 2. The molecule has 1 heterocycles. The van der Waals surface area contributed by atoms with Crippen molar-refractivity contribution in [3.63, 3.8) is 0 Å². The van der Waals surface area contributed by atoms with Crippen LogP contribution >= 0.6 is 0 Å². The van der Waals surface area contributed by atoms with Gasteiger partial charge in [-0.1, -0.05) is 0 Å². The summed E-state index contributed by atoms with van der Waals surface area (Å²) in [5.74, 6) is 0.928. The molecule has 0 bridgehead atoms. The lowest BCUT2D eigenvalue weighted by Crippen LogP contribution is -2.38. The second-order valence-corrected chi connectivity index (χ2v) is 5.73. The lowest BCUT2D eigenvalue weighted by Gasteiger charge is -2.31. The van der Waals surface area contributed by atoms with E-state index in [2.05, 4.69) is 21.4 Å². The number of nitrogens with two attached hydrogens (primary N) is 1. The highest BCUT2D eigenvalue weighted by atomic mass is 15.2. The molecule has 0 aromatic carbocycles. The molecule has 2 fully saturated rings. The predicted molar refractivity (Wildman–Crippen MR) is 72.1 cm³/mol. The number of hydrogen-bond donors (Lipinski definition) is 1. The summed E-state index contributed by atoms with van der Waals surface area (Å²) in [5, 5.41) is 0. The maximum atomic E-state index is 6.07. The van der Waals surface area contributed by atoms with E-state index < -0.39 is 0 Å². The predicted octanol–water partition coefficient (Wildman–Crippen LogP) is 1.78. The third-order valence-electron chi connectivity index (χ3n) is 4.23. The van der Waals surface area contributed by atoms with E-state index in [1.54, 1.807) is 0 Å². The van der Waals surface area contributed by atoms with Gasteiger partial charge in [0.1, 0.15) is 0 Å². The lowest BCUT2D eigenvalue weighted by atomic mass is 10.1. The Bertz CT molecular complexity index is 392. The van der Waals surface area contributed by atoms with E-state index in [1.165, 1.54) is 37.9 Å². The summed E-state index contributed by atoms with van der Waals surface area (Å²) in [5.41, 5.74) is 7.37. The summed E-state index contributed by atoms with van der Waals surface area (Å²) in [4.78, 5) is 6.95. The fourth-order valence-corrected chi connectivity index (χ4v) is 2.83. The minimum atomic E-state index is 0.362. The molecule has 2 N–H and O–H groups in total. The first-order valence-corrected chi connectivity index (χ1v) is 7.29. The van der Waals surface area contributed by atoms with Crippen LogP contribution in [-0.4, -0.2) is 33.6 Å². The number of rotatable bonds is 7. The van der Waals surface area contributed by atoms with Crippen molar-refractivity contribution in [2.24, 2.45) is 11.7 Å². The molecule has 1 aromatic rings. The molecule has 1 aromatic heterocycles. The van der Waals surface area contributed by atoms with Crippen molar-refractivity contribution in [3.05, 3.63) is 18.2 Å². The van der Waals surface area contributed by atoms with Gasteiger partial charge in [-0.05, 0) is 38.5 Å². The van der Waals surface area contributed by atoms with Crippen LogP contribution in [0.5, 0.6) is 0 Å². The third kappa shape index (κ3) is 2.45. The van der Waals surface area contributed by atoms with Gasteiger partial charge in [-0.15, -0.1) is 0 Å². The Morgan fingerprint density at radius 1 is 1.44 bits per heavy atom. The highest BCUT2D eigenvalue weighted by molar-refractivity contribution is 5.09. The molecule has 2 aliphatic carbocycles. The molecule has 1 unspecified atom stereocenters. The third-order valence-corrected chi connectivity index (χ3v) is 4.23. The van der Waals surface area contributed by atoms with Crippen LogP contribution in [0.1, 0.15) is 44.3 Å². The summed E-state index contributed by atoms with van der Waals surface area (Å²) in [6, 6.07) is 1.14. The first-order chi connectivity index (χ1) is 8.83. The second-order valence-electron chi connectivity index (χ2n) is 5.73. The number of imidazole rings is 1. The van der Waals surface area contributed by atoms with Gasteiger partial charge in [0.15, 0.2) is 0 Å². The van der Waals surface area contributed by atoms with Crippen LogP contribution in [0.4, 0.5) is 0 Å². The van der Waals surface area contributed by atoms with E-state index in [-0.39, 0.29) is 0 Å². The standard InChI is InChI=1S/C14H24N4/c1-2-17-10-16-8-14(17)13(7-15)18(12-5-6-12)9-11-3-4-11/h8,10-13H,2-7,9,15H2,1H3. The number of aryl methyl sites for hydroxylation is 1. The summed E-state index contributed by atoms with van der Waals surface area (Å²) in [7, 11) is 0. The molecule has 100 valence electrons. The Hall–Kier alpha value is -0.870. The zero-order valence-corrected chi connectivity index (χ0v) is 11.3. The Morgan fingerprint density at radius 3 is 2.78 bits per heavy atom. The van der Waals surface area contributed by atoms with Gasteiger partial charge in [0.2, 0.25) is 0 Å². The number of nitrogens with zero attached hydrogens (tertiary/aromatic N) is 3. The smallest absolute Gasteiger partial charge is 0.0948 e. The maximum Gasteiger partial charge on any atom is 0.0948 e. The molecule has 0 aliphatic heterocycles. The lowest BCUT2D eigenvalue weighted by molar-refractivity contribution is 0.176. The second kappa shape index (κ2) is 5.02. The largest absolute Gasteiger partial charge is 0.333 e. The van der Waals surface area contributed by atoms with Gasteiger partial charge in [-0.2, -0.15) is 0 Å². The van der Waals surface area contributed by atoms with Crippen LogP contribution in [-0.2, 0) is 6.54 Å². The zero-order valence-electron chi connectivity index (χ0n) is 11.3. The fourth-order valence-electron chi connectivity index (χ4n) is 2.83. The highest BCUT2D eigenvalue weighted by Gasteiger charge is 2.38. The van der Waals surface area contributed by atoms with Crippen LogP contribution in [0.2, 0.25) is 0 Å². The Kier molecular flexibility index (Phi) is 3.39. The van der Waals surface area contributed by atoms with E-state index in [0.717, 1.165) is 18.5 Å². The van der Waals surface area contributed by atoms with Crippen LogP contribution in [0.3, 0.4) is 0 Å². The minimum absolute atomic E-state index is 0.362. The highest BCUT2D eigenvalue weighted by Crippen LogP contribution is 2.39. The Morgan fingerprint density at radius 2 is 2.22 bits per heavy atom. The molecule has 2 aliphatic rings. The molecule has 0 radical (unpaired) electrons. The van der Waals surface area contributed by atoms with Crippen molar-refractivity contribution in [3.8, 4) is 0 Å². The van der Waals surface area contributed by atoms with Crippen LogP contribution in [0.25, 0.3) is 0 Å². The SMILES string of the molecule is CCn1cncc1C(CN)N(CC1CC1)C1CC1. The van der Waals surface area contributed by atoms with Crippen LogP contribution < -0.4 is 5.73 Å². The molecule has 4 nitrogen and oxygen atoms in total. The van der Waals surface area contributed by atoms with Crippen molar-refractivity contribution in [2.75, 3.05) is 13.1 Å². The van der Waals surface area contributed by atoms with E-state index in [1.807, 2.05) is 12.5 Å². The fraction of sp³-hybridized carbons (Fsp3) is 0.786. The average Bonchev–Trinajstić information content (AvgIpc) is 3.28. The normalized spacial score (nSPS) is 21.5. The first kappa shape index (κ1) is 12.2. The van der Waals surface area contributed by atoms with E-state index in [9.17, 15) is 0 Å². The van der Waals surface area contributed by atoms with Crippen molar-refractivity contribution >= 4 is 0 Å². The molecule has 0 saturated heterocycles. The van der Waals surface area contributed by atoms with Crippen molar-refractivity contribution in [1.29, 1.82) is 0 Å². The summed E-state index contributed by atoms with van der Waals surface area (Å²) >= 11 is 0. The number of hydrogen-bond acceptors (Lipinski definition) is 3. The van der Waals surface area contributed by atoms with Crippen molar-refractivity contribution in [2.45, 2.75) is 51.2 Å². The minimum Gasteiger partial charge on any atom is -0.333 e. The van der Waals surface area contributed by atoms with Crippen LogP contribution in [0.15, 0.2) is 12.5 Å². The maximum absolute atomic E-state index is 6.07. The molecule has 18 heavy (non-hydrogen) atoms. The topological polar surface area (TPSA) is 47.1 Å². The monoisotopic (exact) mass is 248 g/mol.